The van der Waals surface area contributed by atoms with Gasteiger partial charge in [-0.05, 0) is 96.1 Å². The van der Waals surface area contributed by atoms with Crippen molar-refractivity contribution in [3.8, 4) is 0 Å². The fraction of sp³-hybridized carbons (Fsp3) is 0.250. The molecule has 32 heavy (non-hydrogen) atoms. The average molecular weight is 419 g/mol. The van der Waals surface area contributed by atoms with E-state index >= 15 is 0 Å². The first-order valence-corrected chi connectivity index (χ1v) is 11.8. The maximum Gasteiger partial charge on any atom is -0.00169 e. The summed E-state index contributed by atoms with van der Waals surface area (Å²) >= 11 is 0. The zero-order valence-corrected chi connectivity index (χ0v) is 19.9. The topological polar surface area (TPSA) is 0 Å². The first kappa shape index (κ1) is 22.1. The summed E-state index contributed by atoms with van der Waals surface area (Å²) in [6.45, 7) is 8.82. The van der Waals surface area contributed by atoms with E-state index in [4.69, 9.17) is 0 Å². The van der Waals surface area contributed by atoms with Crippen LogP contribution in [-0.2, 0) is 19.3 Å². The van der Waals surface area contributed by atoms with E-state index < -0.39 is 0 Å². The summed E-state index contributed by atoms with van der Waals surface area (Å²) in [6.07, 6.45) is 9.99. The molecular weight excluding hydrogens is 384 g/mol. The van der Waals surface area contributed by atoms with E-state index in [0.717, 1.165) is 19.3 Å². The van der Waals surface area contributed by atoms with E-state index in [1.807, 2.05) is 0 Å². The number of allylic oxidation sites excluding steroid dienone is 5. The number of rotatable bonds is 7. The second-order valence-electron chi connectivity index (χ2n) is 9.06. The second-order valence-corrected chi connectivity index (χ2v) is 9.06. The Bertz CT molecular complexity index is 1170. The third-order valence-corrected chi connectivity index (χ3v) is 6.77. The molecule has 1 aliphatic rings. The number of hydrogen-bond donors (Lipinski definition) is 0. The van der Waals surface area contributed by atoms with Crippen molar-refractivity contribution in [3.05, 3.63) is 129 Å². The van der Waals surface area contributed by atoms with Gasteiger partial charge in [0.2, 0.25) is 0 Å². The van der Waals surface area contributed by atoms with Gasteiger partial charge in [0.25, 0.3) is 0 Å². The van der Waals surface area contributed by atoms with E-state index in [1.54, 1.807) is 0 Å². The third-order valence-electron chi connectivity index (χ3n) is 6.77. The monoisotopic (exact) mass is 418 g/mol. The summed E-state index contributed by atoms with van der Waals surface area (Å²) in [5.41, 5.74) is 12.6. The van der Waals surface area contributed by atoms with Crippen LogP contribution in [0.4, 0.5) is 0 Å². The van der Waals surface area contributed by atoms with Gasteiger partial charge in [-0.25, -0.2) is 0 Å². The van der Waals surface area contributed by atoms with Crippen molar-refractivity contribution in [2.24, 2.45) is 5.92 Å². The lowest BCUT2D eigenvalue weighted by Gasteiger charge is -2.18. The van der Waals surface area contributed by atoms with Crippen molar-refractivity contribution in [2.45, 2.75) is 47.0 Å². The summed E-state index contributed by atoms with van der Waals surface area (Å²) in [6, 6.07) is 26.9. The van der Waals surface area contributed by atoms with Crippen molar-refractivity contribution in [2.75, 3.05) is 0 Å². The van der Waals surface area contributed by atoms with Crippen LogP contribution in [0.1, 0.15) is 61.1 Å². The van der Waals surface area contributed by atoms with Crippen molar-refractivity contribution in [3.63, 3.8) is 0 Å². The van der Waals surface area contributed by atoms with Crippen LogP contribution in [0.15, 0.2) is 96.1 Å². The smallest absolute Gasteiger partial charge is 0.00169 e. The molecule has 4 rings (SSSR count). The number of benzene rings is 3. The van der Waals surface area contributed by atoms with Gasteiger partial charge in [-0.15, -0.1) is 0 Å². The standard InChI is InChI=1S/C32H34/c1-5-23(3)28-13-9-10-27(20-28)19-26-16-14-25(15-17-26)18-24(4)32(6-2)31-21-29-11-7-8-12-30(29)22-31/h5-17,20-21,24H,18-19,22H2,1-4H3/b23-5-,32-6-/t24-/m1/s1. The highest BCUT2D eigenvalue weighted by Gasteiger charge is 2.19. The Kier molecular flexibility index (Phi) is 6.90. The highest BCUT2D eigenvalue weighted by molar-refractivity contribution is 5.68. The van der Waals surface area contributed by atoms with Crippen LogP contribution in [0.25, 0.3) is 11.6 Å². The van der Waals surface area contributed by atoms with Crippen molar-refractivity contribution < 1.29 is 0 Å². The average Bonchev–Trinajstić information content (AvgIpc) is 3.24. The quantitative estimate of drug-likeness (QED) is 0.361. The van der Waals surface area contributed by atoms with Crippen molar-refractivity contribution >= 4 is 11.6 Å². The van der Waals surface area contributed by atoms with E-state index in [9.17, 15) is 0 Å². The minimum atomic E-state index is 0.506. The maximum atomic E-state index is 2.38. The molecule has 0 spiro atoms. The third kappa shape index (κ3) is 5.02. The Labute approximate surface area is 194 Å². The second kappa shape index (κ2) is 10.0. The van der Waals surface area contributed by atoms with Crippen LogP contribution in [0.2, 0.25) is 0 Å². The molecule has 162 valence electrons. The Hall–Kier alpha value is -3.12. The van der Waals surface area contributed by atoms with Gasteiger partial charge in [-0.2, -0.15) is 0 Å². The Balaban J connectivity index is 1.41. The molecule has 0 heterocycles. The summed E-state index contributed by atoms with van der Waals surface area (Å²) in [5.74, 6) is 0.506. The molecule has 0 aromatic heterocycles. The van der Waals surface area contributed by atoms with Crippen molar-refractivity contribution in [1.29, 1.82) is 0 Å². The van der Waals surface area contributed by atoms with Crippen LogP contribution < -0.4 is 0 Å². The molecule has 0 saturated heterocycles. The number of fused-ring (bicyclic) bond motifs is 1. The molecule has 0 heteroatoms. The molecule has 1 atom stereocenters. The fourth-order valence-corrected chi connectivity index (χ4v) is 4.84. The molecule has 0 radical (unpaired) electrons. The molecule has 0 saturated carbocycles. The summed E-state index contributed by atoms with van der Waals surface area (Å²) in [4.78, 5) is 0. The molecule has 0 aliphatic heterocycles. The SMILES string of the molecule is C/C=C(/C)c1cccc(Cc2ccc(C[C@@H](C)/C(=C/C)C3=Cc4ccccc4C3)cc2)c1. The molecular formula is C32H34. The molecule has 3 aromatic rings. The highest BCUT2D eigenvalue weighted by atomic mass is 14.2. The normalized spacial score (nSPS) is 14.8. The molecule has 0 nitrogen and oxygen atoms in total. The highest BCUT2D eigenvalue weighted by Crippen LogP contribution is 2.33. The van der Waals surface area contributed by atoms with Gasteiger partial charge in [0.05, 0.1) is 0 Å². The Morgan fingerprint density at radius 3 is 2.31 bits per heavy atom. The maximum absolute atomic E-state index is 2.38. The molecule has 0 bridgehead atoms. The van der Waals surface area contributed by atoms with E-state index in [0.29, 0.717) is 5.92 Å². The van der Waals surface area contributed by atoms with Gasteiger partial charge >= 0.3 is 0 Å². The summed E-state index contributed by atoms with van der Waals surface area (Å²) < 4.78 is 0. The van der Waals surface area contributed by atoms with Gasteiger partial charge in [0, 0.05) is 0 Å². The van der Waals surface area contributed by atoms with Crippen molar-refractivity contribution in [1.82, 2.24) is 0 Å². The molecule has 1 aliphatic carbocycles. The molecule has 3 aromatic carbocycles. The minimum Gasteiger partial charge on any atom is -0.0841 e. The first-order valence-electron chi connectivity index (χ1n) is 11.8. The van der Waals surface area contributed by atoms with Crippen LogP contribution in [-0.4, -0.2) is 0 Å². The van der Waals surface area contributed by atoms with Gasteiger partial charge in [0.1, 0.15) is 0 Å². The van der Waals surface area contributed by atoms with E-state index in [1.165, 1.54) is 50.1 Å². The number of hydrogen-bond acceptors (Lipinski definition) is 0. The fourth-order valence-electron chi connectivity index (χ4n) is 4.84. The molecule has 0 unspecified atom stereocenters. The minimum absolute atomic E-state index is 0.506. The Morgan fingerprint density at radius 2 is 1.59 bits per heavy atom. The van der Waals surface area contributed by atoms with Crippen LogP contribution in [0.5, 0.6) is 0 Å². The van der Waals surface area contributed by atoms with Crippen LogP contribution >= 0.6 is 0 Å². The largest absolute Gasteiger partial charge is 0.0841 e. The van der Waals surface area contributed by atoms with E-state index in [2.05, 4.69) is 119 Å². The zero-order chi connectivity index (χ0) is 22.5. The van der Waals surface area contributed by atoms with Crippen LogP contribution in [0, 0.1) is 5.92 Å². The van der Waals surface area contributed by atoms with Gasteiger partial charge < -0.3 is 0 Å². The first-order chi connectivity index (χ1) is 15.6. The van der Waals surface area contributed by atoms with E-state index in [-0.39, 0.29) is 0 Å². The van der Waals surface area contributed by atoms with Gasteiger partial charge in [-0.3, -0.25) is 0 Å². The lowest BCUT2D eigenvalue weighted by Crippen LogP contribution is -2.06. The Morgan fingerprint density at radius 1 is 0.844 bits per heavy atom. The summed E-state index contributed by atoms with van der Waals surface area (Å²) in [5, 5.41) is 0. The van der Waals surface area contributed by atoms with Crippen LogP contribution in [0.3, 0.4) is 0 Å². The predicted octanol–water partition coefficient (Wildman–Crippen LogP) is 8.47. The van der Waals surface area contributed by atoms with Gasteiger partial charge in [0.15, 0.2) is 0 Å². The lowest BCUT2D eigenvalue weighted by molar-refractivity contribution is 0.680. The van der Waals surface area contributed by atoms with Gasteiger partial charge in [-0.1, -0.05) is 97.9 Å². The zero-order valence-electron chi connectivity index (χ0n) is 19.9. The lowest BCUT2D eigenvalue weighted by atomic mass is 9.87. The summed E-state index contributed by atoms with van der Waals surface area (Å²) in [7, 11) is 0. The molecule has 0 fully saturated rings. The molecule has 0 N–H and O–H groups in total. The predicted molar refractivity (Wildman–Crippen MR) is 140 cm³/mol. The molecule has 0 amide bonds.